The molecular formula is C15H26O2. The lowest BCUT2D eigenvalue weighted by molar-refractivity contribution is -0.142. The summed E-state index contributed by atoms with van der Waals surface area (Å²) in [7, 11) is 0. The van der Waals surface area contributed by atoms with Crippen LogP contribution in [0.4, 0.5) is 0 Å². The highest BCUT2D eigenvalue weighted by molar-refractivity contribution is 5.65. The molecule has 3 unspecified atom stereocenters. The first-order chi connectivity index (χ1) is 8.08. The van der Waals surface area contributed by atoms with E-state index in [0.29, 0.717) is 24.4 Å². The fourth-order valence-corrected chi connectivity index (χ4v) is 2.38. The van der Waals surface area contributed by atoms with E-state index in [9.17, 15) is 4.79 Å². The molecule has 0 saturated heterocycles. The largest absolute Gasteiger partial charge is 0.466 e. The van der Waals surface area contributed by atoms with Crippen molar-refractivity contribution in [2.24, 2.45) is 17.8 Å². The van der Waals surface area contributed by atoms with Crippen molar-refractivity contribution in [3.8, 4) is 0 Å². The third-order valence-electron chi connectivity index (χ3n) is 3.24. The molecule has 2 nitrogen and oxygen atoms in total. The molecule has 1 saturated carbocycles. The number of carbonyl (C=O) groups excluding carboxylic acids is 1. The molecule has 1 rings (SSSR count). The Hall–Kier alpha value is -1.05. The van der Waals surface area contributed by atoms with E-state index in [4.69, 9.17) is 4.74 Å². The minimum atomic E-state index is -0.165. The molecule has 0 aliphatic heterocycles. The van der Waals surface area contributed by atoms with Crippen molar-refractivity contribution in [3.63, 3.8) is 0 Å². The summed E-state index contributed by atoms with van der Waals surface area (Å²) in [6, 6.07) is 0. The Bertz CT molecular complexity index is 245. The summed E-state index contributed by atoms with van der Waals surface area (Å²) >= 11 is 0. The number of rotatable bonds is 4. The van der Waals surface area contributed by atoms with Crippen LogP contribution in [0.2, 0.25) is 0 Å². The van der Waals surface area contributed by atoms with E-state index in [1.807, 2.05) is 13.0 Å². The van der Waals surface area contributed by atoms with Gasteiger partial charge in [-0.1, -0.05) is 25.5 Å². The highest BCUT2D eigenvalue weighted by atomic mass is 16.5. The molecule has 0 aromatic carbocycles. The first kappa shape index (κ1) is 16.0. The lowest BCUT2D eigenvalue weighted by Gasteiger charge is -2.16. The maximum Gasteiger partial charge on any atom is 0.302 e. The topological polar surface area (TPSA) is 26.3 Å². The van der Waals surface area contributed by atoms with Crippen LogP contribution < -0.4 is 0 Å². The summed E-state index contributed by atoms with van der Waals surface area (Å²) < 4.78 is 5.08. The zero-order valence-electron chi connectivity index (χ0n) is 11.4. The molecule has 0 aromatic rings. The van der Waals surface area contributed by atoms with Crippen LogP contribution in [-0.2, 0) is 9.53 Å². The smallest absolute Gasteiger partial charge is 0.302 e. The zero-order chi connectivity index (χ0) is 13.3. The summed E-state index contributed by atoms with van der Waals surface area (Å²) in [5, 5.41) is 0. The molecule has 0 amide bonds. The summed E-state index contributed by atoms with van der Waals surface area (Å²) in [5.41, 5.74) is 0. The van der Waals surface area contributed by atoms with Crippen LogP contribution in [0.3, 0.4) is 0 Å². The van der Waals surface area contributed by atoms with Gasteiger partial charge >= 0.3 is 5.97 Å². The third-order valence-corrected chi connectivity index (χ3v) is 3.24. The van der Waals surface area contributed by atoms with Crippen molar-refractivity contribution in [1.29, 1.82) is 0 Å². The molecule has 0 spiro atoms. The molecule has 2 heteroatoms. The highest BCUT2D eigenvalue weighted by Gasteiger charge is 2.31. The number of allylic oxidation sites excluding steroid dienone is 2. The van der Waals surface area contributed by atoms with Crippen molar-refractivity contribution in [2.75, 3.05) is 6.61 Å². The first-order valence-electron chi connectivity index (χ1n) is 6.41. The first-order valence-corrected chi connectivity index (χ1v) is 6.41. The van der Waals surface area contributed by atoms with Crippen molar-refractivity contribution in [3.05, 3.63) is 25.3 Å². The summed E-state index contributed by atoms with van der Waals surface area (Å²) in [6.45, 7) is 13.4. The van der Waals surface area contributed by atoms with Crippen LogP contribution >= 0.6 is 0 Å². The zero-order valence-corrected chi connectivity index (χ0v) is 11.4. The average molecular weight is 238 g/mol. The molecule has 1 aliphatic rings. The number of esters is 1. The van der Waals surface area contributed by atoms with Crippen LogP contribution in [0.15, 0.2) is 25.3 Å². The Balaban J connectivity index is 0.000000770. The Morgan fingerprint density at radius 1 is 1.35 bits per heavy atom. The predicted octanol–water partition coefficient (Wildman–Crippen LogP) is 3.98. The molecular weight excluding hydrogens is 212 g/mol. The van der Waals surface area contributed by atoms with Gasteiger partial charge in [0.05, 0.1) is 6.61 Å². The third kappa shape index (κ3) is 6.30. The molecule has 3 atom stereocenters. The van der Waals surface area contributed by atoms with Gasteiger partial charge in [0, 0.05) is 6.92 Å². The van der Waals surface area contributed by atoms with Crippen molar-refractivity contribution < 1.29 is 9.53 Å². The second-order valence-electron chi connectivity index (χ2n) is 4.61. The van der Waals surface area contributed by atoms with Gasteiger partial charge in [0.2, 0.25) is 0 Å². The Morgan fingerprint density at radius 2 is 1.88 bits per heavy atom. The predicted molar refractivity (Wildman–Crippen MR) is 72.7 cm³/mol. The molecule has 17 heavy (non-hydrogen) atoms. The number of ether oxygens (including phenoxy) is 1. The molecule has 0 bridgehead atoms. The van der Waals surface area contributed by atoms with E-state index in [2.05, 4.69) is 20.1 Å². The van der Waals surface area contributed by atoms with Gasteiger partial charge in [0.15, 0.2) is 0 Å². The molecule has 0 radical (unpaired) electrons. The van der Waals surface area contributed by atoms with Gasteiger partial charge in [0.25, 0.3) is 0 Å². The second kappa shape index (κ2) is 9.03. The minimum Gasteiger partial charge on any atom is -0.466 e. The number of hydrogen-bond acceptors (Lipinski definition) is 2. The van der Waals surface area contributed by atoms with Gasteiger partial charge in [-0.25, -0.2) is 0 Å². The van der Waals surface area contributed by atoms with Crippen LogP contribution in [-0.4, -0.2) is 12.6 Å². The lowest BCUT2D eigenvalue weighted by atomic mass is 9.94. The lowest BCUT2D eigenvalue weighted by Crippen LogP contribution is -2.15. The Morgan fingerprint density at radius 3 is 2.29 bits per heavy atom. The van der Waals surface area contributed by atoms with Gasteiger partial charge in [-0.3, -0.25) is 4.79 Å². The highest BCUT2D eigenvalue weighted by Crippen LogP contribution is 2.38. The van der Waals surface area contributed by atoms with E-state index in [1.54, 1.807) is 6.08 Å². The van der Waals surface area contributed by atoms with Crippen LogP contribution in [0.5, 0.6) is 0 Å². The molecule has 0 aromatic heterocycles. The van der Waals surface area contributed by atoms with Gasteiger partial charge in [0.1, 0.15) is 0 Å². The van der Waals surface area contributed by atoms with E-state index in [-0.39, 0.29) is 5.97 Å². The number of hydrogen-bond donors (Lipinski definition) is 0. The van der Waals surface area contributed by atoms with E-state index < -0.39 is 0 Å². The molecule has 0 N–H and O–H groups in total. The van der Waals surface area contributed by atoms with Crippen molar-refractivity contribution in [2.45, 2.75) is 40.0 Å². The summed E-state index contributed by atoms with van der Waals surface area (Å²) in [4.78, 5) is 10.7. The Labute approximate surface area is 106 Å². The average Bonchev–Trinajstić information content (AvgIpc) is 2.69. The maximum atomic E-state index is 10.7. The normalized spacial score (nSPS) is 26.6. The van der Waals surface area contributed by atoms with Crippen molar-refractivity contribution >= 4 is 5.97 Å². The second-order valence-corrected chi connectivity index (χ2v) is 4.61. The van der Waals surface area contributed by atoms with Gasteiger partial charge in [-0.2, -0.15) is 0 Å². The quantitative estimate of drug-likeness (QED) is 0.547. The van der Waals surface area contributed by atoms with Gasteiger partial charge in [-0.15, -0.1) is 13.2 Å². The van der Waals surface area contributed by atoms with Crippen LogP contribution in [0, 0.1) is 17.8 Å². The fourth-order valence-electron chi connectivity index (χ4n) is 2.38. The summed E-state index contributed by atoms with van der Waals surface area (Å²) in [6.07, 6.45) is 7.31. The SMILES string of the molecule is C=CC.C=CC1CC(CC)C(COC(C)=O)C1. The Kier molecular flexibility index (Phi) is 8.47. The molecule has 98 valence electrons. The molecule has 1 fully saturated rings. The molecule has 1 aliphatic carbocycles. The minimum absolute atomic E-state index is 0.165. The van der Waals surface area contributed by atoms with E-state index in [1.165, 1.54) is 19.8 Å². The fraction of sp³-hybridized carbons (Fsp3) is 0.667. The summed E-state index contributed by atoms with van der Waals surface area (Å²) in [5.74, 6) is 1.71. The van der Waals surface area contributed by atoms with Crippen LogP contribution in [0.1, 0.15) is 40.0 Å². The molecule has 0 heterocycles. The van der Waals surface area contributed by atoms with E-state index >= 15 is 0 Å². The van der Waals surface area contributed by atoms with Gasteiger partial charge in [-0.05, 0) is 37.5 Å². The monoisotopic (exact) mass is 238 g/mol. The maximum absolute atomic E-state index is 10.7. The number of carbonyl (C=O) groups is 1. The standard InChI is InChI=1S/C12H20O2.C3H6/c1-4-10-6-11(5-2)12(7-10)8-14-9(3)13;1-3-2/h4,10-12H,1,5-8H2,2-3H3;3H,1H2,2H3. The van der Waals surface area contributed by atoms with E-state index in [0.717, 1.165) is 6.42 Å². The van der Waals surface area contributed by atoms with Crippen LogP contribution in [0.25, 0.3) is 0 Å². The van der Waals surface area contributed by atoms with Gasteiger partial charge < -0.3 is 4.74 Å². The van der Waals surface area contributed by atoms with Crippen molar-refractivity contribution in [1.82, 2.24) is 0 Å².